The second-order valence-corrected chi connectivity index (χ2v) is 5.51. The van der Waals surface area contributed by atoms with Crippen molar-refractivity contribution in [2.75, 3.05) is 6.61 Å². The van der Waals surface area contributed by atoms with Crippen LogP contribution in [-0.2, 0) is 14.3 Å². The number of hydrogen-bond donors (Lipinski definition) is 1. The van der Waals surface area contributed by atoms with Crippen LogP contribution in [0.25, 0.3) is 0 Å². The van der Waals surface area contributed by atoms with Crippen LogP contribution in [-0.4, -0.2) is 45.6 Å². The molecule has 0 radical (unpaired) electrons. The van der Waals surface area contributed by atoms with E-state index in [1.807, 2.05) is 0 Å². The molecule has 1 aromatic heterocycles. The van der Waals surface area contributed by atoms with Gasteiger partial charge in [-0.3, -0.25) is 9.78 Å². The Hall–Kier alpha value is -1.95. The Morgan fingerprint density at radius 2 is 2.10 bits per heavy atom. The molecule has 0 aromatic carbocycles. The molecule has 2 fully saturated rings. The van der Waals surface area contributed by atoms with Gasteiger partial charge in [-0.15, -0.1) is 0 Å². The van der Waals surface area contributed by atoms with E-state index in [4.69, 9.17) is 4.74 Å². The molecule has 1 aliphatic carbocycles. The number of carboxylic acids is 1. The number of rotatable bonds is 3. The summed E-state index contributed by atoms with van der Waals surface area (Å²) < 4.78 is 5.28. The van der Waals surface area contributed by atoms with E-state index in [9.17, 15) is 14.7 Å². The zero-order valence-corrected chi connectivity index (χ0v) is 11.6. The summed E-state index contributed by atoms with van der Waals surface area (Å²) in [5, 5.41) is 9.43. The molecule has 1 aliphatic heterocycles. The molecule has 1 aromatic rings. The molecule has 1 saturated carbocycles. The van der Waals surface area contributed by atoms with Crippen LogP contribution < -0.4 is 0 Å². The number of aromatic nitrogens is 1. The minimum Gasteiger partial charge on any atom is -0.479 e. The maximum Gasteiger partial charge on any atom is 0.335 e. The van der Waals surface area contributed by atoms with Crippen LogP contribution in [0, 0.1) is 0 Å². The van der Waals surface area contributed by atoms with Crippen LogP contribution in [0.1, 0.15) is 37.4 Å². The van der Waals surface area contributed by atoms with Gasteiger partial charge in [-0.1, -0.05) is 18.9 Å². The van der Waals surface area contributed by atoms with Crippen molar-refractivity contribution in [1.82, 2.24) is 9.88 Å². The Balaban J connectivity index is 1.99. The van der Waals surface area contributed by atoms with Gasteiger partial charge in [0.2, 0.25) is 5.91 Å². The highest BCUT2D eigenvalue weighted by Gasteiger charge is 2.45. The van der Waals surface area contributed by atoms with E-state index in [1.165, 1.54) is 0 Å². The summed E-state index contributed by atoms with van der Waals surface area (Å²) in [5.74, 6) is -1.20. The molecule has 112 valence electrons. The fraction of sp³-hybridized carbons (Fsp3) is 0.533. The summed E-state index contributed by atoms with van der Waals surface area (Å²) >= 11 is 0. The highest BCUT2D eigenvalue weighted by Crippen LogP contribution is 2.36. The zero-order valence-electron chi connectivity index (χ0n) is 11.6. The smallest absolute Gasteiger partial charge is 0.335 e. The molecule has 6 heteroatoms. The van der Waals surface area contributed by atoms with Crippen molar-refractivity contribution < 1.29 is 19.4 Å². The monoisotopic (exact) mass is 290 g/mol. The molecule has 1 N–H and O–H groups in total. The third kappa shape index (κ3) is 2.63. The number of aliphatic carboxylic acids is 1. The molecule has 1 amide bonds. The fourth-order valence-corrected chi connectivity index (χ4v) is 3.30. The van der Waals surface area contributed by atoms with E-state index in [0.29, 0.717) is 5.69 Å². The highest BCUT2D eigenvalue weighted by atomic mass is 16.5. The highest BCUT2D eigenvalue weighted by molar-refractivity contribution is 5.83. The lowest BCUT2D eigenvalue weighted by molar-refractivity contribution is -0.176. The van der Waals surface area contributed by atoms with Gasteiger partial charge in [0.25, 0.3) is 0 Å². The van der Waals surface area contributed by atoms with E-state index in [-0.39, 0.29) is 18.6 Å². The van der Waals surface area contributed by atoms with E-state index in [0.717, 1.165) is 25.7 Å². The lowest BCUT2D eigenvalue weighted by Gasteiger charge is -2.42. The molecule has 2 unspecified atom stereocenters. The molecule has 2 heterocycles. The molecule has 21 heavy (non-hydrogen) atoms. The number of pyridine rings is 1. The lowest BCUT2D eigenvalue weighted by atomic mass is 9.99. The number of carbonyl (C=O) groups is 2. The van der Waals surface area contributed by atoms with Crippen molar-refractivity contribution in [2.24, 2.45) is 0 Å². The van der Waals surface area contributed by atoms with E-state index in [2.05, 4.69) is 4.98 Å². The first-order valence-corrected chi connectivity index (χ1v) is 7.25. The molecular formula is C15H18N2O4. The van der Waals surface area contributed by atoms with Crippen molar-refractivity contribution in [1.29, 1.82) is 0 Å². The van der Waals surface area contributed by atoms with Gasteiger partial charge in [-0.05, 0) is 25.0 Å². The number of amides is 1. The summed E-state index contributed by atoms with van der Waals surface area (Å²) in [7, 11) is 0. The fourth-order valence-electron chi connectivity index (χ4n) is 3.30. The molecule has 6 nitrogen and oxygen atoms in total. The Bertz CT molecular complexity index is 528. The van der Waals surface area contributed by atoms with Crippen molar-refractivity contribution in [3.05, 3.63) is 30.1 Å². The van der Waals surface area contributed by atoms with Crippen LogP contribution in [0.15, 0.2) is 24.4 Å². The van der Waals surface area contributed by atoms with Crippen molar-refractivity contribution >= 4 is 11.9 Å². The Morgan fingerprint density at radius 3 is 2.71 bits per heavy atom. The van der Waals surface area contributed by atoms with Gasteiger partial charge in [0.1, 0.15) is 12.6 Å². The largest absolute Gasteiger partial charge is 0.479 e. The summed E-state index contributed by atoms with van der Waals surface area (Å²) in [6.45, 7) is -0.170. The molecule has 2 atom stereocenters. The summed E-state index contributed by atoms with van der Waals surface area (Å²) in [5.41, 5.74) is 0.574. The van der Waals surface area contributed by atoms with Gasteiger partial charge >= 0.3 is 5.97 Å². The van der Waals surface area contributed by atoms with Crippen LogP contribution in [0.3, 0.4) is 0 Å². The van der Waals surface area contributed by atoms with Crippen molar-refractivity contribution in [3.63, 3.8) is 0 Å². The predicted octanol–water partition coefficient (Wildman–Crippen LogP) is 1.38. The van der Waals surface area contributed by atoms with Gasteiger partial charge in [-0.25, -0.2) is 4.79 Å². The van der Waals surface area contributed by atoms with Gasteiger partial charge in [-0.2, -0.15) is 0 Å². The topological polar surface area (TPSA) is 79.7 Å². The van der Waals surface area contributed by atoms with Crippen LogP contribution >= 0.6 is 0 Å². The van der Waals surface area contributed by atoms with E-state index < -0.39 is 18.1 Å². The molecule has 0 spiro atoms. The van der Waals surface area contributed by atoms with Crippen molar-refractivity contribution in [3.8, 4) is 0 Å². The normalized spacial score (nSPS) is 27.0. The van der Waals surface area contributed by atoms with Gasteiger partial charge in [0, 0.05) is 12.2 Å². The summed E-state index contributed by atoms with van der Waals surface area (Å²) in [6.07, 6.45) is 4.53. The second kappa shape index (κ2) is 5.81. The van der Waals surface area contributed by atoms with Crippen molar-refractivity contribution in [2.45, 2.75) is 43.9 Å². The average Bonchev–Trinajstić information content (AvgIpc) is 3.01. The number of carboxylic acid groups (broad SMARTS) is 1. The maximum atomic E-state index is 12.3. The van der Waals surface area contributed by atoms with E-state index in [1.54, 1.807) is 29.3 Å². The quantitative estimate of drug-likeness (QED) is 0.909. The third-order valence-corrected chi connectivity index (χ3v) is 4.21. The van der Waals surface area contributed by atoms with Crippen LogP contribution in [0.2, 0.25) is 0 Å². The summed E-state index contributed by atoms with van der Waals surface area (Å²) in [4.78, 5) is 29.8. The summed E-state index contributed by atoms with van der Waals surface area (Å²) in [6, 6.07) is 4.77. The number of carbonyl (C=O) groups excluding carboxylic acids is 1. The first-order chi connectivity index (χ1) is 10.2. The predicted molar refractivity (Wildman–Crippen MR) is 73.5 cm³/mol. The number of morpholine rings is 1. The molecule has 2 aliphatic rings. The number of nitrogens with zero attached hydrogens (tertiary/aromatic N) is 2. The molecule has 0 bridgehead atoms. The first kappa shape index (κ1) is 14.0. The van der Waals surface area contributed by atoms with Crippen LogP contribution in [0.4, 0.5) is 0 Å². The minimum atomic E-state index is -1.06. The Morgan fingerprint density at radius 1 is 1.33 bits per heavy atom. The Labute approximate surface area is 122 Å². The van der Waals surface area contributed by atoms with Crippen LogP contribution in [0.5, 0.6) is 0 Å². The van der Waals surface area contributed by atoms with E-state index >= 15 is 0 Å². The number of hydrogen-bond acceptors (Lipinski definition) is 4. The number of ether oxygens (including phenoxy) is 1. The average molecular weight is 290 g/mol. The van der Waals surface area contributed by atoms with Gasteiger partial charge in [0.15, 0.2) is 6.10 Å². The van der Waals surface area contributed by atoms with Gasteiger partial charge < -0.3 is 14.7 Å². The lowest BCUT2D eigenvalue weighted by Crippen LogP contribution is -2.55. The molecule has 3 rings (SSSR count). The standard InChI is InChI=1S/C15H18N2O4/c18-12-9-21-14(15(19)20)13(11-7-3-4-8-16-11)17(12)10-5-1-2-6-10/h3-4,7-8,10,13-14H,1-2,5-6,9H2,(H,19,20). The zero-order chi connectivity index (χ0) is 14.8. The molecular weight excluding hydrogens is 272 g/mol. The maximum absolute atomic E-state index is 12.3. The van der Waals surface area contributed by atoms with Gasteiger partial charge in [0.05, 0.1) is 5.69 Å². The third-order valence-electron chi connectivity index (χ3n) is 4.21. The SMILES string of the molecule is O=C(O)C1OCC(=O)N(C2CCCC2)C1c1ccccn1. The second-order valence-electron chi connectivity index (χ2n) is 5.51. The first-order valence-electron chi connectivity index (χ1n) is 7.25. The molecule has 1 saturated heterocycles. The Kier molecular flexibility index (Phi) is 3.88. The minimum absolute atomic E-state index is 0.0928.